The largest absolute Gasteiger partial charge is 0.399 e. The molecule has 0 bridgehead atoms. The summed E-state index contributed by atoms with van der Waals surface area (Å²) in [5.74, 6) is 0. The molecule has 0 amide bonds. The van der Waals surface area contributed by atoms with E-state index in [0.29, 0.717) is 6.04 Å². The molecule has 1 aromatic carbocycles. The van der Waals surface area contributed by atoms with Crippen LogP contribution in [0.4, 0.5) is 11.4 Å². The van der Waals surface area contributed by atoms with E-state index in [9.17, 15) is 0 Å². The van der Waals surface area contributed by atoms with Crippen molar-refractivity contribution < 1.29 is 0 Å². The highest BCUT2D eigenvalue weighted by Gasteiger charge is 2.18. The van der Waals surface area contributed by atoms with Gasteiger partial charge in [-0.2, -0.15) is 5.10 Å². The summed E-state index contributed by atoms with van der Waals surface area (Å²) in [6.45, 7) is 3.98. The Balaban J connectivity index is 1.70. The summed E-state index contributed by atoms with van der Waals surface area (Å²) in [7, 11) is 0. The van der Waals surface area contributed by atoms with Crippen LogP contribution in [-0.2, 0) is 6.54 Å². The van der Waals surface area contributed by atoms with E-state index in [1.807, 2.05) is 12.1 Å². The number of rotatable bonds is 5. The van der Waals surface area contributed by atoms with Crippen LogP contribution in [0.25, 0.3) is 0 Å². The zero-order valence-electron chi connectivity index (χ0n) is 12.7. The van der Waals surface area contributed by atoms with Crippen LogP contribution in [0.2, 0.25) is 0 Å². The van der Waals surface area contributed by atoms with Gasteiger partial charge in [-0.25, -0.2) is 0 Å². The van der Waals surface area contributed by atoms with Crippen molar-refractivity contribution >= 4 is 11.4 Å². The van der Waals surface area contributed by atoms with E-state index in [1.54, 1.807) is 0 Å². The molecule has 2 aromatic rings. The van der Waals surface area contributed by atoms with Gasteiger partial charge in [-0.05, 0) is 50.1 Å². The highest BCUT2D eigenvalue weighted by molar-refractivity contribution is 5.53. The van der Waals surface area contributed by atoms with E-state index in [-0.39, 0.29) is 0 Å². The Morgan fingerprint density at radius 1 is 1.19 bits per heavy atom. The Hall–Kier alpha value is -1.97. The maximum absolute atomic E-state index is 5.76. The minimum Gasteiger partial charge on any atom is -0.399 e. The summed E-state index contributed by atoms with van der Waals surface area (Å²) in [6, 6.07) is 10.8. The van der Waals surface area contributed by atoms with E-state index in [4.69, 9.17) is 10.8 Å². The number of hydrogen-bond donors (Lipinski definition) is 1. The lowest BCUT2D eigenvalue weighted by atomic mass is 10.2. The zero-order valence-corrected chi connectivity index (χ0v) is 12.7. The van der Waals surface area contributed by atoms with Crippen LogP contribution in [0.3, 0.4) is 0 Å². The molecule has 1 aliphatic rings. The molecule has 112 valence electrons. The lowest BCUT2D eigenvalue weighted by Gasteiger charge is -2.22. The number of anilines is 2. The molecule has 0 aliphatic heterocycles. The molecule has 21 heavy (non-hydrogen) atoms. The molecule has 0 radical (unpaired) electrons. The average molecular weight is 284 g/mol. The van der Waals surface area contributed by atoms with Gasteiger partial charge in [-0.3, -0.25) is 4.68 Å². The monoisotopic (exact) mass is 284 g/mol. The van der Waals surface area contributed by atoms with Gasteiger partial charge >= 0.3 is 0 Å². The van der Waals surface area contributed by atoms with Gasteiger partial charge in [0.1, 0.15) is 0 Å². The summed E-state index contributed by atoms with van der Waals surface area (Å²) < 4.78 is 2.17. The SMILES string of the molecule is CCN(Cc1ccn(C2CCCC2)n1)c1ccc(N)cc1. The van der Waals surface area contributed by atoms with Gasteiger partial charge < -0.3 is 10.6 Å². The lowest BCUT2D eigenvalue weighted by Crippen LogP contribution is -2.22. The second-order valence-corrected chi connectivity index (χ2v) is 5.83. The summed E-state index contributed by atoms with van der Waals surface area (Å²) in [5.41, 5.74) is 8.90. The van der Waals surface area contributed by atoms with Crippen molar-refractivity contribution in [3.8, 4) is 0 Å². The van der Waals surface area contributed by atoms with Gasteiger partial charge in [-0.1, -0.05) is 12.8 Å². The quantitative estimate of drug-likeness (QED) is 0.853. The molecule has 1 heterocycles. The summed E-state index contributed by atoms with van der Waals surface area (Å²) in [5, 5.41) is 4.77. The fraction of sp³-hybridized carbons (Fsp3) is 0.471. The second kappa shape index (κ2) is 6.20. The Bertz CT molecular complexity index is 567. The second-order valence-electron chi connectivity index (χ2n) is 5.83. The maximum Gasteiger partial charge on any atom is 0.0817 e. The van der Waals surface area contributed by atoms with Gasteiger partial charge in [0.05, 0.1) is 18.3 Å². The van der Waals surface area contributed by atoms with Crippen molar-refractivity contribution in [2.45, 2.75) is 45.2 Å². The van der Waals surface area contributed by atoms with Crippen molar-refractivity contribution in [2.24, 2.45) is 0 Å². The van der Waals surface area contributed by atoms with Crippen LogP contribution in [-0.4, -0.2) is 16.3 Å². The van der Waals surface area contributed by atoms with Gasteiger partial charge in [0, 0.05) is 24.1 Å². The number of nitrogens with two attached hydrogens (primary N) is 1. The molecule has 1 fully saturated rings. The van der Waals surface area contributed by atoms with Gasteiger partial charge in [0.2, 0.25) is 0 Å². The number of hydrogen-bond acceptors (Lipinski definition) is 3. The van der Waals surface area contributed by atoms with Crippen molar-refractivity contribution in [3.05, 3.63) is 42.2 Å². The minimum absolute atomic E-state index is 0.616. The van der Waals surface area contributed by atoms with Crippen LogP contribution in [0.1, 0.15) is 44.3 Å². The molecular formula is C17H24N4. The van der Waals surface area contributed by atoms with E-state index in [0.717, 1.165) is 24.5 Å². The number of nitrogens with zero attached hydrogens (tertiary/aromatic N) is 3. The Morgan fingerprint density at radius 3 is 2.57 bits per heavy atom. The molecule has 2 N–H and O–H groups in total. The van der Waals surface area contributed by atoms with Gasteiger partial charge in [-0.15, -0.1) is 0 Å². The summed E-state index contributed by atoms with van der Waals surface area (Å²) in [4.78, 5) is 2.32. The Labute approximate surface area is 126 Å². The Morgan fingerprint density at radius 2 is 1.90 bits per heavy atom. The van der Waals surface area contributed by atoms with E-state index < -0.39 is 0 Å². The zero-order chi connectivity index (χ0) is 14.7. The average Bonchev–Trinajstić information content (AvgIpc) is 3.17. The molecule has 1 saturated carbocycles. The molecule has 4 nitrogen and oxygen atoms in total. The maximum atomic E-state index is 5.76. The minimum atomic E-state index is 0.616. The van der Waals surface area contributed by atoms with Crippen molar-refractivity contribution in [2.75, 3.05) is 17.2 Å². The highest BCUT2D eigenvalue weighted by Crippen LogP contribution is 2.29. The van der Waals surface area contributed by atoms with E-state index in [1.165, 1.54) is 31.4 Å². The van der Waals surface area contributed by atoms with E-state index >= 15 is 0 Å². The standard InChI is InChI=1S/C17H24N4/c1-2-20(16-9-7-14(18)8-10-16)13-15-11-12-21(19-15)17-5-3-4-6-17/h7-12,17H,2-6,13,18H2,1H3. The number of nitrogen functional groups attached to an aromatic ring is 1. The first-order valence-electron chi connectivity index (χ1n) is 7.91. The molecule has 0 unspecified atom stereocenters. The number of aromatic nitrogens is 2. The lowest BCUT2D eigenvalue weighted by molar-refractivity contribution is 0.462. The molecule has 1 aromatic heterocycles. The van der Waals surface area contributed by atoms with Crippen molar-refractivity contribution in [1.29, 1.82) is 0 Å². The highest BCUT2D eigenvalue weighted by atomic mass is 15.3. The predicted molar refractivity (Wildman–Crippen MR) is 87.3 cm³/mol. The van der Waals surface area contributed by atoms with Crippen LogP contribution < -0.4 is 10.6 Å². The first-order chi connectivity index (χ1) is 10.3. The third-order valence-corrected chi connectivity index (χ3v) is 4.36. The first-order valence-corrected chi connectivity index (χ1v) is 7.91. The van der Waals surface area contributed by atoms with E-state index in [2.05, 4.69) is 40.9 Å². The fourth-order valence-electron chi connectivity index (χ4n) is 3.10. The molecule has 0 spiro atoms. The van der Waals surface area contributed by atoms with Crippen LogP contribution in [0, 0.1) is 0 Å². The molecule has 0 saturated heterocycles. The molecule has 3 rings (SSSR count). The number of benzene rings is 1. The molecule has 4 heteroatoms. The topological polar surface area (TPSA) is 47.1 Å². The van der Waals surface area contributed by atoms with Crippen LogP contribution >= 0.6 is 0 Å². The summed E-state index contributed by atoms with van der Waals surface area (Å²) in [6.07, 6.45) is 7.37. The smallest absolute Gasteiger partial charge is 0.0817 e. The molecule has 0 atom stereocenters. The van der Waals surface area contributed by atoms with Crippen LogP contribution in [0.5, 0.6) is 0 Å². The summed E-state index contributed by atoms with van der Waals surface area (Å²) >= 11 is 0. The first kappa shape index (κ1) is 14.0. The van der Waals surface area contributed by atoms with Crippen LogP contribution in [0.15, 0.2) is 36.5 Å². The van der Waals surface area contributed by atoms with Gasteiger partial charge in [0.15, 0.2) is 0 Å². The van der Waals surface area contributed by atoms with Gasteiger partial charge in [0.25, 0.3) is 0 Å². The third kappa shape index (κ3) is 3.20. The Kier molecular flexibility index (Phi) is 4.13. The molecular weight excluding hydrogens is 260 g/mol. The third-order valence-electron chi connectivity index (χ3n) is 4.36. The van der Waals surface area contributed by atoms with Crippen molar-refractivity contribution in [3.63, 3.8) is 0 Å². The normalized spacial score (nSPS) is 15.5. The molecule has 1 aliphatic carbocycles. The predicted octanol–water partition coefficient (Wildman–Crippen LogP) is 3.61. The fourth-order valence-corrected chi connectivity index (χ4v) is 3.10. The van der Waals surface area contributed by atoms with Crippen molar-refractivity contribution in [1.82, 2.24) is 9.78 Å².